The van der Waals surface area contributed by atoms with Crippen LogP contribution in [0.3, 0.4) is 0 Å². The van der Waals surface area contributed by atoms with Crippen molar-refractivity contribution in [1.29, 1.82) is 0 Å². The van der Waals surface area contributed by atoms with Crippen LogP contribution in [0.2, 0.25) is 0 Å². The number of nitrogens with zero attached hydrogens (tertiary/aromatic N) is 1. The van der Waals surface area contributed by atoms with Crippen LogP contribution in [0.1, 0.15) is 13.3 Å². The summed E-state index contributed by atoms with van der Waals surface area (Å²) in [6.45, 7) is 6.89. The van der Waals surface area contributed by atoms with Crippen molar-refractivity contribution in [2.24, 2.45) is 4.99 Å². The Hall–Kier alpha value is -0.890. The van der Waals surface area contributed by atoms with Gasteiger partial charge in [-0.1, -0.05) is 12.7 Å². The lowest BCUT2D eigenvalue weighted by atomic mass is 9.98. The molecule has 1 aliphatic rings. The lowest BCUT2D eigenvalue weighted by molar-refractivity contribution is 0.554. The summed E-state index contributed by atoms with van der Waals surface area (Å²) in [7, 11) is 1.81. The molecule has 2 nitrogen and oxygen atoms in total. The van der Waals surface area contributed by atoms with E-state index < -0.39 is 0 Å². The van der Waals surface area contributed by atoms with Crippen LogP contribution < -0.4 is 5.32 Å². The second-order valence-corrected chi connectivity index (χ2v) is 3.13. The second-order valence-electron chi connectivity index (χ2n) is 3.13. The molecule has 1 atom stereocenters. The molecule has 0 radical (unpaired) electrons. The van der Waals surface area contributed by atoms with Gasteiger partial charge in [-0.2, -0.15) is 0 Å². The van der Waals surface area contributed by atoms with Crippen molar-refractivity contribution in [3.8, 4) is 0 Å². The third kappa shape index (κ3) is 2.05. The van der Waals surface area contributed by atoms with Gasteiger partial charge in [-0.05, 0) is 24.5 Å². The number of nitrogens with one attached hydrogen (secondary N) is 1. The molecule has 0 bridgehead atoms. The first kappa shape index (κ1) is 9.20. The van der Waals surface area contributed by atoms with E-state index in [1.165, 1.54) is 11.1 Å². The molecule has 0 amide bonds. The molecule has 1 unspecified atom stereocenters. The fraction of sp³-hybridized carbons (Fsp3) is 0.500. The third-order valence-electron chi connectivity index (χ3n) is 2.11. The summed E-state index contributed by atoms with van der Waals surface area (Å²) in [4.78, 5) is 4.03. The van der Waals surface area contributed by atoms with Gasteiger partial charge in [0.2, 0.25) is 0 Å². The summed E-state index contributed by atoms with van der Waals surface area (Å²) in [5.74, 6) is 0. The molecule has 1 rings (SSSR count). The van der Waals surface area contributed by atoms with Gasteiger partial charge in [-0.15, -0.1) is 0 Å². The largest absolute Gasteiger partial charge is 0.310 e. The molecular weight excluding hydrogens is 148 g/mol. The van der Waals surface area contributed by atoms with Gasteiger partial charge in [0, 0.05) is 25.8 Å². The zero-order chi connectivity index (χ0) is 8.97. The van der Waals surface area contributed by atoms with Crippen LogP contribution in [0.5, 0.6) is 0 Å². The highest BCUT2D eigenvalue weighted by molar-refractivity contribution is 5.81. The fourth-order valence-corrected chi connectivity index (χ4v) is 1.43. The molecule has 0 aromatic rings. The maximum absolute atomic E-state index is 4.03. The van der Waals surface area contributed by atoms with E-state index in [1.807, 2.05) is 12.3 Å². The van der Waals surface area contributed by atoms with Crippen LogP contribution in [0.4, 0.5) is 0 Å². The van der Waals surface area contributed by atoms with Crippen LogP contribution >= 0.6 is 0 Å². The maximum atomic E-state index is 4.03. The van der Waals surface area contributed by atoms with Crippen LogP contribution in [0.15, 0.2) is 28.8 Å². The average Bonchev–Trinajstić information content (AvgIpc) is 2.05. The van der Waals surface area contributed by atoms with E-state index in [9.17, 15) is 0 Å². The minimum atomic E-state index is 0.557. The van der Waals surface area contributed by atoms with Crippen molar-refractivity contribution < 1.29 is 0 Å². The summed E-state index contributed by atoms with van der Waals surface area (Å²) in [5, 5.41) is 3.38. The van der Waals surface area contributed by atoms with Crippen molar-refractivity contribution in [2.75, 3.05) is 13.6 Å². The van der Waals surface area contributed by atoms with Gasteiger partial charge in [-0.25, -0.2) is 0 Å². The van der Waals surface area contributed by atoms with E-state index in [1.54, 1.807) is 7.05 Å². The van der Waals surface area contributed by atoms with Crippen molar-refractivity contribution in [3.05, 3.63) is 23.8 Å². The molecule has 2 heteroatoms. The Balaban J connectivity index is 2.84. The van der Waals surface area contributed by atoms with Gasteiger partial charge in [0.25, 0.3) is 0 Å². The molecule has 1 heterocycles. The SMILES string of the molecule is C=CC1=C(/C=N\C)CC(C)NC1. The molecule has 0 fully saturated rings. The maximum Gasteiger partial charge on any atom is 0.0277 e. The molecule has 0 aromatic carbocycles. The normalized spacial score (nSPS) is 25.0. The number of hydrogen-bond acceptors (Lipinski definition) is 2. The van der Waals surface area contributed by atoms with Gasteiger partial charge in [-0.3, -0.25) is 4.99 Å². The number of rotatable bonds is 2. The second kappa shape index (κ2) is 4.21. The van der Waals surface area contributed by atoms with E-state index in [-0.39, 0.29) is 0 Å². The molecule has 0 saturated carbocycles. The summed E-state index contributed by atoms with van der Waals surface area (Å²) in [6, 6.07) is 0.557. The molecule has 1 N–H and O–H groups in total. The van der Waals surface area contributed by atoms with Crippen LogP contribution in [0, 0.1) is 0 Å². The molecule has 66 valence electrons. The predicted molar refractivity (Wildman–Crippen MR) is 53.7 cm³/mol. The van der Waals surface area contributed by atoms with E-state index in [2.05, 4.69) is 23.8 Å². The smallest absolute Gasteiger partial charge is 0.0277 e. The monoisotopic (exact) mass is 164 g/mol. The molecule has 0 spiro atoms. The topological polar surface area (TPSA) is 24.4 Å². The average molecular weight is 164 g/mol. The highest BCUT2D eigenvalue weighted by Gasteiger charge is 2.13. The Labute approximate surface area is 74.1 Å². The molecule has 0 aliphatic carbocycles. The zero-order valence-corrected chi connectivity index (χ0v) is 7.80. The van der Waals surface area contributed by atoms with Gasteiger partial charge in [0.05, 0.1) is 0 Å². The summed E-state index contributed by atoms with van der Waals surface area (Å²) in [5.41, 5.74) is 2.59. The quantitative estimate of drug-likeness (QED) is 0.615. The number of hydrogen-bond donors (Lipinski definition) is 1. The van der Waals surface area contributed by atoms with Gasteiger partial charge in [0.1, 0.15) is 0 Å². The van der Waals surface area contributed by atoms with Gasteiger partial charge < -0.3 is 5.32 Å². The lowest BCUT2D eigenvalue weighted by Crippen LogP contribution is -2.33. The van der Waals surface area contributed by atoms with E-state index in [4.69, 9.17) is 0 Å². The van der Waals surface area contributed by atoms with Crippen molar-refractivity contribution in [3.63, 3.8) is 0 Å². The molecule has 0 saturated heterocycles. The third-order valence-corrected chi connectivity index (χ3v) is 2.11. The van der Waals surface area contributed by atoms with Crippen molar-refractivity contribution >= 4 is 6.21 Å². The van der Waals surface area contributed by atoms with E-state index in [0.29, 0.717) is 6.04 Å². The van der Waals surface area contributed by atoms with Crippen LogP contribution in [-0.2, 0) is 0 Å². The van der Waals surface area contributed by atoms with Crippen LogP contribution in [-0.4, -0.2) is 25.8 Å². The predicted octanol–water partition coefficient (Wildman–Crippen LogP) is 1.55. The summed E-state index contributed by atoms with van der Waals surface area (Å²) < 4.78 is 0. The van der Waals surface area contributed by atoms with Gasteiger partial charge in [0.15, 0.2) is 0 Å². The van der Waals surface area contributed by atoms with E-state index in [0.717, 1.165) is 13.0 Å². The number of aliphatic imine (C=N–C) groups is 1. The standard InChI is InChI=1S/C10H16N2/c1-4-9-7-12-8(2)5-10(9)6-11-3/h4,6,8,12H,1,5,7H2,2-3H3/b11-6-. The summed E-state index contributed by atoms with van der Waals surface area (Å²) >= 11 is 0. The van der Waals surface area contributed by atoms with Crippen LogP contribution in [0.25, 0.3) is 0 Å². The Morgan fingerprint density at radius 1 is 1.58 bits per heavy atom. The van der Waals surface area contributed by atoms with Gasteiger partial charge >= 0.3 is 0 Å². The Morgan fingerprint density at radius 3 is 2.92 bits per heavy atom. The zero-order valence-electron chi connectivity index (χ0n) is 7.80. The Bertz CT molecular complexity index is 226. The lowest BCUT2D eigenvalue weighted by Gasteiger charge is -2.22. The molecular formula is C10H16N2. The first-order chi connectivity index (χ1) is 5.77. The highest BCUT2D eigenvalue weighted by Crippen LogP contribution is 2.15. The molecule has 12 heavy (non-hydrogen) atoms. The fourth-order valence-electron chi connectivity index (χ4n) is 1.43. The van der Waals surface area contributed by atoms with Crippen molar-refractivity contribution in [1.82, 2.24) is 5.32 Å². The molecule has 1 aliphatic heterocycles. The minimum Gasteiger partial charge on any atom is -0.310 e. The van der Waals surface area contributed by atoms with E-state index >= 15 is 0 Å². The minimum absolute atomic E-state index is 0.557. The Morgan fingerprint density at radius 2 is 2.33 bits per heavy atom. The van der Waals surface area contributed by atoms with Crippen molar-refractivity contribution in [2.45, 2.75) is 19.4 Å². The summed E-state index contributed by atoms with van der Waals surface area (Å²) in [6.07, 6.45) is 4.91. The highest BCUT2D eigenvalue weighted by atomic mass is 14.9. The first-order valence-electron chi connectivity index (χ1n) is 4.28. The Kier molecular flexibility index (Phi) is 3.23. The molecule has 0 aromatic heterocycles. The first-order valence-corrected chi connectivity index (χ1v) is 4.28.